The molecule has 4 nitrogen and oxygen atoms in total. The lowest BCUT2D eigenvalue weighted by molar-refractivity contribution is -0.115. The van der Waals surface area contributed by atoms with Crippen molar-refractivity contribution in [3.63, 3.8) is 0 Å². The average molecular weight is 348 g/mol. The summed E-state index contributed by atoms with van der Waals surface area (Å²) in [5, 5.41) is 5.72. The third-order valence-electron chi connectivity index (χ3n) is 2.90. The second-order valence-corrected chi connectivity index (χ2v) is 5.57. The topological polar surface area (TPSA) is 46.1 Å². The summed E-state index contributed by atoms with van der Waals surface area (Å²) >= 11 is 8.33. The van der Waals surface area contributed by atoms with Crippen molar-refractivity contribution in [2.24, 2.45) is 0 Å². The zero-order chi connectivity index (χ0) is 14.1. The zero-order valence-electron chi connectivity index (χ0n) is 10.3. The molecule has 0 saturated carbocycles. The lowest BCUT2D eigenvalue weighted by Crippen LogP contribution is -2.21. The van der Waals surface area contributed by atoms with Crippen LogP contribution in [0.15, 0.2) is 52.8 Å². The molecule has 2 heterocycles. The molecular weight excluding hydrogens is 338 g/mol. The highest BCUT2D eigenvalue weighted by atomic mass is 79.9. The molecule has 0 radical (unpaired) electrons. The molecule has 0 spiro atoms. The van der Waals surface area contributed by atoms with Crippen molar-refractivity contribution >= 4 is 45.2 Å². The molecule has 1 aliphatic heterocycles. The van der Waals surface area contributed by atoms with Crippen LogP contribution >= 0.6 is 28.1 Å². The number of carbonyl (C=O) groups is 1. The van der Waals surface area contributed by atoms with Gasteiger partial charge in [0.25, 0.3) is 5.91 Å². The van der Waals surface area contributed by atoms with Gasteiger partial charge >= 0.3 is 0 Å². The normalized spacial score (nSPS) is 16.4. The van der Waals surface area contributed by atoms with Crippen LogP contribution in [0, 0.1) is 0 Å². The van der Waals surface area contributed by atoms with Crippen LogP contribution in [0.3, 0.4) is 0 Å². The van der Waals surface area contributed by atoms with Gasteiger partial charge in [0.15, 0.2) is 5.11 Å². The first-order valence-corrected chi connectivity index (χ1v) is 7.11. The van der Waals surface area contributed by atoms with Gasteiger partial charge in [-0.3, -0.25) is 10.1 Å². The van der Waals surface area contributed by atoms with Gasteiger partial charge in [-0.15, -0.1) is 0 Å². The fraction of sp³-hybridized carbons (Fsp3) is 0. The summed E-state index contributed by atoms with van der Waals surface area (Å²) < 4.78 is 3.02. The summed E-state index contributed by atoms with van der Waals surface area (Å²) in [5.41, 5.74) is 2.37. The fourth-order valence-electron chi connectivity index (χ4n) is 1.98. The van der Waals surface area contributed by atoms with E-state index in [0.717, 1.165) is 15.9 Å². The van der Waals surface area contributed by atoms with E-state index in [1.165, 1.54) is 0 Å². The van der Waals surface area contributed by atoms with E-state index in [4.69, 9.17) is 12.2 Å². The molecule has 3 rings (SSSR count). The molecule has 1 aromatic heterocycles. The van der Waals surface area contributed by atoms with Crippen LogP contribution in [0.5, 0.6) is 0 Å². The molecule has 0 atom stereocenters. The lowest BCUT2D eigenvalue weighted by atomic mass is 10.3. The van der Waals surface area contributed by atoms with Gasteiger partial charge in [-0.1, -0.05) is 15.9 Å². The van der Waals surface area contributed by atoms with Gasteiger partial charge < -0.3 is 9.88 Å². The first kappa shape index (κ1) is 13.1. The van der Waals surface area contributed by atoms with Gasteiger partial charge in [-0.25, -0.2) is 0 Å². The quantitative estimate of drug-likeness (QED) is 0.648. The van der Waals surface area contributed by atoms with E-state index < -0.39 is 0 Å². The van der Waals surface area contributed by atoms with Crippen LogP contribution < -0.4 is 10.6 Å². The largest absolute Gasteiger partial charge is 0.328 e. The Hall–Kier alpha value is -1.92. The molecule has 1 fully saturated rings. The Balaban J connectivity index is 1.99. The second kappa shape index (κ2) is 5.22. The van der Waals surface area contributed by atoms with E-state index in [-0.39, 0.29) is 5.91 Å². The number of rotatable bonds is 2. The Bertz CT molecular complexity index is 718. The van der Waals surface area contributed by atoms with Crippen molar-refractivity contribution in [3.05, 3.63) is 58.5 Å². The number of thiocarbonyl (C=S) groups is 1. The zero-order valence-corrected chi connectivity index (χ0v) is 12.7. The van der Waals surface area contributed by atoms with Crippen LogP contribution in [0.4, 0.5) is 0 Å². The SMILES string of the molecule is O=C1NC(=S)N/C1=C/c1cccn1-c1ccc(Br)cc1. The number of nitrogens with one attached hydrogen (secondary N) is 2. The number of amides is 1. The summed E-state index contributed by atoms with van der Waals surface area (Å²) in [4.78, 5) is 11.7. The van der Waals surface area contributed by atoms with Crippen molar-refractivity contribution in [1.82, 2.24) is 15.2 Å². The lowest BCUT2D eigenvalue weighted by Gasteiger charge is -2.07. The third-order valence-corrected chi connectivity index (χ3v) is 3.63. The molecule has 2 aromatic rings. The molecule has 20 heavy (non-hydrogen) atoms. The summed E-state index contributed by atoms with van der Waals surface area (Å²) in [6.45, 7) is 0. The van der Waals surface area contributed by atoms with Crippen molar-refractivity contribution in [3.8, 4) is 5.69 Å². The molecule has 1 aliphatic rings. The predicted octanol–water partition coefficient (Wildman–Crippen LogP) is 2.59. The maximum absolute atomic E-state index is 11.7. The van der Waals surface area contributed by atoms with Crippen LogP contribution in [0.25, 0.3) is 11.8 Å². The minimum Gasteiger partial charge on any atom is -0.328 e. The van der Waals surface area contributed by atoms with Crippen LogP contribution in [-0.4, -0.2) is 15.6 Å². The molecule has 0 bridgehead atoms. The molecule has 1 aromatic carbocycles. The summed E-state index contributed by atoms with van der Waals surface area (Å²) in [6.07, 6.45) is 3.72. The van der Waals surface area contributed by atoms with Crippen LogP contribution in [-0.2, 0) is 4.79 Å². The summed E-state index contributed by atoms with van der Waals surface area (Å²) in [5.74, 6) is -0.210. The smallest absolute Gasteiger partial charge is 0.273 e. The van der Waals surface area contributed by atoms with Crippen LogP contribution in [0.1, 0.15) is 5.69 Å². The molecular formula is C14H10BrN3OS. The number of hydrogen-bond acceptors (Lipinski definition) is 2. The Morgan fingerprint density at radius 1 is 1.15 bits per heavy atom. The van der Waals surface area contributed by atoms with Gasteiger partial charge in [0, 0.05) is 22.1 Å². The van der Waals surface area contributed by atoms with E-state index in [2.05, 4.69) is 26.6 Å². The number of hydrogen-bond donors (Lipinski definition) is 2. The first-order valence-electron chi connectivity index (χ1n) is 5.91. The number of halogens is 1. The summed E-state index contributed by atoms with van der Waals surface area (Å²) in [7, 11) is 0. The van der Waals surface area contributed by atoms with Crippen LogP contribution in [0.2, 0.25) is 0 Å². The van der Waals surface area contributed by atoms with Crippen molar-refractivity contribution < 1.29 is 4.79 Å². The Morgan fingerprint density at radius 3 is 2.55 bits per heavy atom. The van der Waals surface area contributed by atoms with E-state index in [0.29, 0.717) is 10.8 Å². The Labute approximate surface area is 129 Å². The minimum atomic E-state index is -0.210. The van der Waals surface area contributed by atoms with Crippen molar-refractivity contribution in [2.75, 3.05) is 0 Å². The standard InChI is InChI=1S/C14H10BrN3OS/c15-9-3-5-10(6-4-9)18-7-1-2-11(18)8-12-13(19)17-14(20)16-12/h1-8H,(H2,16,17,19,20)/b12-8+. The Kier molecular flexibility index (Phi) is 3.42. The number of nitrogens with zero attached hydrogens (tertiary/aromatic N) is 1. The number of benzene rings is 1. The van der Waals surface area contributed by atoms with Gasteiger partial charge in [-0.2, -0.15) is 0 Å². The monoisotopic (exact) mass is 347 g/mol. The van der Waals surface area contributed by atoms with Gasteiger partial charge in [0.1, 0.15) is 5.70 Å². The highest BCUT2D eigenvalue weighted by Gasteiger charge is 2.20. The highest BCUT2D eigenvalue weighted by molar-refractivity contribution is 9.10. The molecule has 0 aliphatic carbocycles. The number of carbonyl (C=O) groups excluding carboxylic acids is 1. The maximum atomic E-state index is 11.7. The molecule has 1 saturated heterocycles. The predicted molar refractivity (Wildman–Crippen MR) is 85.3 cm³/mol. The first-order chi connectivity index (χ1) is 9.63. The molecule has 1 amide bonds. The number of aromatic nitrogens is 1. The summed E-state index contributed by atoms with van der Waals surface area (Å²) in [6, 6.07) is 11.8. The highest BCUT2D eigenvalue weighted by Crippen LogP contribution is 2.18. The van der Waals surface area contributed by atoms with Crippen molar-refractivity contribution in [2.45, 2.75) is 0 Å². The third kappa shape index (κ3) is 2.52. The molecule has 6 heteroatoms. The fourth-order valence-corrected chi connectivity index (χ4v) is 2.45. The maximum Gasteiger partial charge on any atom is 0.273 e. The Morgan fingerprint density at radius 2 is 1.90 bits per heavy atom. The van der Waals surface area contributed by atoms with E-state index in [9.17, 15) is 4.79 Å². The van der Waals surface area contributed by atoms with E-state index >= 15 is 0 Å². The van der Waals surface area contributed by atoms with E-state index in [1.54, 1.807) is 6.08 Å². The molecule has 100 valence electrons. The van der Waals surface area contributed by atoms with Gasteiger partial charge in [-0.05, 0) is 54.7 Å². The van der Waals surface area contributed by atoms with Gasteiger partial charge in [0.2, 0.25) is 0 Å². The molecule has 0 unspecified atom stereocenters. The molecule has 2 N–H and O–H groups in total. The minimum absolute atomic E-state index is 0.210. The van der Waals surface area contributed by atoms with E-state index in [1.807, 2.05) is 47.2 Å². The second-order valence-electron chi connectivity index (χ2n) is 4.25. The average Bonchev–Trinajstić information content (AvgIpc) is 2.98. The van der Waals surface area contributed by atoms with Gasteiger partial charge in [0.05, 0.1) is 0 Å². The van der Waals surface area contributed by atoms with Crippen molar-refractivity contribution in [1.29, 1.82) is 0 Å².